The number of aliphatic imine (C=N–C) groups is 1. The highest BCUT2D eigenvalue weighted by molar-refractivity contribution is 5.84. The lowest BCUT2D eigenvalue weighted by Crippen LogP contribution is -2.48. The fraction of sp³-hybridized carbons (Fsp3) is 0.875. The molecule has 5 nitrogen and oxygen atoms in total. The van der Waals surface area contributed by atoms with E-state index in [0.29, 0.717) is 12.0 Å². The number of carbonyl (C=O) groups is 1. The monoisotopic (exact) mass is 294 g/mol. The molecule has 1 saturated carbocycles. The number of nitrogens with one attached hydrogen (secondary N) is 2. The van der Waals surface area contributed by atoms with Gasteiger partial charge in [-0.05, 0) is 38.5 Å². The quantitative estimate of drug-likeness (QED) is 0.614. The third kappa shape index (κ3) is 3.50. The lowest BCUT2D eigenvalue weighted by Gasteiger charge is -2.29. The summed E-state index contributed by atoms with van der Waals surface area (Å²) < 4.78 is 0. The minimum Gasteiger partial charge on any atom is -0.359 e. The van der Waals surface area contributed by atoms with E-state index in [9.17, 15) is 4.79 Å². The van der Waals surface area contributed by atoms with Crippen LogP contribution in [0.5, 0.6) is 0 Å². The zero-order valence-electron chi connectivity index (χ0n) is 14.0. The third-order valence-electron chi connectivity index (χ3n) is 5.14. The predicted molar refractivity (Wildman–Crippen MR) is 86.3 cm³/mol. The van der Waals surface area contributed by atoms with Gasteiger partial charge in [0.1, 0.15) is 0 Å². The fourth-order valence-corrected chi connectivity index (χ4v) is 3.70. The van der Waals surface area contributed by atoms with Crippen molar-refractivity contribution in [1.29, 1.82) is 0 Å². The fourth-order valence-electron chi connectivity index (χ4n) is 3.70. The van der Waals surface area contributed by atoms with Crippen molar-refractivity contribution in [3.05, 3.63) is 0 Å². The molecule has 0 bridgehead atoms. The maximum Gasteiger partial charge on any atom is 0.227 e. The molecule has 0 unspecified atom stereocenters. The molecule has 2 aliphatic rings. The molecule has 1 saturated heterocycles. The number of hydrogen-bond acceptors (Lipinski definition) is 2. The number of carbonyl (C=O) groups excluding carboxylic acids is 1. The molecule has 5 heteroatoms. The summed E-state index contributed by atoms with van der Waals surface area (Å²) in [6.45, 7) is 6.71. The lowest BCUT2D eigenvalue weighted by molar-refractivity contribution is -0.128. The molecule has 0 aromatic rings. The van der Waals surface area contributed by atoms with E-state index in [-0.39, 0.29) is 5.91 Å². The van der Waals surface area contributed by atoms with Crippen LogP contribution in [0.25, 0.3) is 0 Å². The molecular formula is C16H30N4O. The molecule has 2 N–H and O–H groups in total. The Kier molecular flexibility index (Phi) is 4.79. The summed E-state index contributed by atoms with van der Waals surface area (Å²) in [5.74, 6) is 0.995. The Morgan fingerprint density at radius 3 is 2.52 bits per heavy atom. The summed E-state index contributed by atoms with van der Waals surface area (Å²) in [6, 6.07) is 0. The van der Waals surface area contributed by atoms with Crippen LogP contribution >= 0.6 is 0 Å². The van der Waals surface area contributed by atoms with Crippen LogP contribution in [-0.2, 0) is 4.79 Å². The van der Waals surface area contributed by atoms with Crippen LogP contribution in [0.1, 0.15) is 46.0 Å². The number of rotatable bonds is 3. The summed E-state index contributed by atoms with van der Waals surface area (Å²) in [4.78, 5) is 18.6. The van der Waals surface area contributed by atoms with Crippen molar-refractivity contribution in [1.82, 2.24) is 15.5 Å². The molecule has 1 amide bonds. The average molecular weight is 294 g/mol. The first kappa shape index (κ1) is 16.1. The average Bonchev–Trinajstić information content (AvgIpc) is 3.09. The Morgan fingerprint density at radius 2 is 1.95 bits per heavy atom. The van der Waals surface area contributed by atoms with Gasteiger partial charge in [0.05, 0.1) is 5.41 Å². The highest BCUT2D eigenvalue weighted by atomic mass is 16.2. The van der Waals surface area contributed by atoms with Gasteiger partial charge in [0.25, 0.3) is 0 Å². The van der Waals surface area contributed by atoms with Crippen molar-refractivity contribution in [2.24, 2.45) is 15.8 Å². The van der Waals surface area contributed by atoms with E-state index in [2.05, 4.69) is 20.5 Å². The van der Waals surface area contributed by atoms with Crippen LogP contribution in [0, 0.1) is 10.8 Å². The van der Waals surface area contributed by atoms with Crippen molar-refractivity contribution in [3.8, 4) is 0 Å². The first-order valence-electron chi connectivity index (χ1n) is 8.10. The highest BCUT2D eigenvalue weighted by Gasteiger charge is 2.41. The van der Waals surface area contributed by atoms with Crippen molar-refractivity contribution in [3.63, 3.8) is 0 Å². The Morgan fingerprint density at radius 1 is 1.29 bits per heavy atom. The maximum absolute atomic E-state index is 11.9. The predicted octanol–water partition coefficient (Wildman–Crippen LogP) is 1.60. The Hall–Kier alpha value is -1.26. The molecule has 21 heavy (non-hydrogen) atoms. The van der Waals surface area contributed by atoms with Gasteiger partial charge in [-0.3, -0.25) is 9.79 Å². The van der Waals surface area contributed by atoms with Gasteiger partial charge >= 0.3 is 0 Å². The van der Waals surface area contributed by atoms with E-state index >= 15 is 0 Å². The Bertz CT molecular complexity index is 411. The van der Waals surface area contributed by atoms with Crippen molar-refractivity contribution in [2.75, 3.05) is 33.7 Å². The van der Waals surface area contributed by atoms with Crippen LogP contribution in [0.3, 0.4) is 0 Å². The van der Waals surface area contributed by atoms with E-state index in [1.807, 2.05) is 20.9 Å². The second-order valence-electron chi connectivity index (χ2n) is 7.24. The van der Waals surface area contributed by atoms with Gasteiger partial charge in [-0.25, -0.2) is 0 Å². The van der Waals surface area contributed by atoms with Crippen LogP contribution in [0.2, 0.25) is 0 Å². The van der Waals surface area contributed by atoms with E-state index in [1.165, 1.54) is 32.1 Å². The molecule has 0 aromatic heterocycles. The van der Waals surface area contributed by atoms with E-state index in [0.717, 1.165) is 19.0 Å². The second-order valence-corrected chi connectivity index (χ2v) is 7.24. The number of guanidine groups is 1. The summed E-state index contributed by atoms with van der Waals surface area (Å²) >= 11 is 0. The van der Waals surface area contributed by atoms with Crippen LogP contribution in [-0.4, -0.2) is 50.5 Å². The van der Waals surface area contributed by atoms with Gasteiger partial charge in [-0.1, -0.05) is 12.8 Å². The summed E-state index contributed by atoms with van der Waals surface area (Å²) in [5, 5.41) is 6.11. The first-order valence-corrected chi connectivity index (χ1v) is 8.10. The van der Waals surface area contributed by atoms with Gasteiger partial charge in [0.15, 0.2) is 5.96 Å². The topological polar surface area (TPSA) is 56.7 Å². The van der Waals surface area contributed by atoms with E-state index in [1.54, 1.807) is 7.05 Å². The molecule has 120 valence electrons. The number of hydrogen-bond donors (Lipinski definition) is 2. The smallest absolute Gasteiger partial charge is 0.227 e. The lowest BCUT2D eigenvalue weighted by atomic mass is 9.86. The van der Waals surface area contributed by atoms with Crippen molar-refractivity contribution < 1.29 is 4.79 Å². The molecule has 0 radical (unpaired) electrons. The zero-order chi connectivity index (χ0) is 15.5. The molecule has 1 heterocycles. The molecular weight excluding hydrogens is 264 g/mol. The summed E-state index contributed by atoms with van der Waals surface area (Å²) in [5.41, 5.74) is 0.101. The Labute approximate surface area is 128 Å². The molecule has 0 atom stereocenters. The second kappa shape index (κ2) is 6.24. The largest absolute Gasteiger partial charge is 0.359 e. The minimum absolute atomic E-state index is 0.0548. The van der Waals surface area contributed by atoms with E-state index in [4.69, 9.17) is 0 Å². The number of likely N-dealkylation sites (tertiary alicyclic amines) is 1. The van der Waals surface area contributed by atoms with Gasteiger partial charge in [-0.15, -0.1) is 0 Å². The normalized spacial score (nSPS) is 21.9. The third-order valence-corrected chi connectivity index (χ3v) is 5.14. The molecule has 1 aliphatic carbocycles. The van der Waals surface area contributed by atoms with Crippen LogP contribution in [0.4, 0.5) is 0 Å². The highest BCUT2D eigenvalue weighted by Crippen LogP contribution is 2.45. The van der Waals surface area contributed by atoms with Crippen LogP contribution < -0.4 is 10.6 Å². The summed E-state index contributed by atoms with van der Waals surface area (Å²) in [7, 11) is 3.51. The number of amides is 1. The minimum atomic E-state index is -0.435. The standard InChI is InChI=1S/C16H30N4O/c1-15(2,13(21)17-3)11-19-14(18-4)20-10-9-16(12-20)7-5-6-8-16/h5-12H2,1-4H3,(H,17,21)(H,18,19). The molecule has 0 aromatic carbocycles. The van der Waals surface area contributed by atoms with Crippen molar-refractivity contribution in [2.45, 2.75) is 46.0 Å². The molecule has 1 spiro atoms. The Balaban J connectivity index is 1.91. The van der Waals surface area contributed by atoms with Gasteiger partial charge in [0, 0.05) is 33.7 Å². The van der Waals surface area contributed by atoms with E-state index < -0.39 is 5.41 Å². The SMILES string of the molecule is CN=C(NCC(C)(C)C(=O)NC)N1CCC2(CCCC2)C1. The molecule has 2 rings (SSSR count). The first-order chi connectivity index (χ1) is 9.92. The van der Waals surface area contributed by atoms with Crippen LogP contribution in [0.15, 0.2) is 4.99 Å². The zero-order valence-corrected chi connectivity index (χ0v) is 14.0. The van der Waals surface area contributed by atoms with Gasteiger partial charge in [-0.2, -0.15) is 0 Å². The maximum atomic E-state index is 11.9. The molecule has 1 aliphatic heterocycles. The van der Waals surface area contributed by atoms with Crippen molar-refractivity contribution >= 4 is 11.9 Å². The number of nitrogens with zero attached hydrogens (tertiary/aromatic N) is 2. The molecule has 2 fully saturated rings. The van der Waals surface area contributed by atoms with Gasteiger partial charge in [0.2, 0.25) is 5.91 Å². The van der Waals surface area contributed by atoms with Gasteiger partial charge < -0.3 is 15.5 Å². The summed E-state index contributed by atoms with van der Waals surface area (Å²) in [6.07, 6.45) is 6.77.